The lowest BCUT2D eigenvalue weighted by atomic mass is 9.82. The van der Waals surface area contributed by atoms with Crippen LogP contribution in [0.2, 0.25) is 10.0 Å². The van der Waals surface area contributed by atoms with Crippen LogP contribution in [0.3, 0.4) is 0 Å². The lowest BCUT2D eigenvalue weighted by Crippen LogP contribution is -2.31. The second-order valence-corrected chi connectivity index (χ2v) is 9.57. The van der Waals surface area contributed by atoms with Crippen molar-refractivity contribution in [2.75, 3.05) is 11.9 Å². The molecule has 0 bridgehead atoms. The van der Waals surface area contributed by atoms with Crippen molar-refractivity contribution in [3.8, 4) is 0 Å². The summed E-state index contributed by atoms with van der Waals surface area (Å²) < 4.78 is 8.01. The minimum Gasteiger partial charge on any atom is -0.374 e. The molecule has 0 aliphatic carbocycles. The number of aliphatic hydroxyl groups is 1. The molecule has 8 heteroatoms. The minimum absolute atomic E-state index is 0.264. The van der Waals surface area contributed by atoms with E-state index in [0.717, 1.165) is 16.8 Å². The Morgan fingerprint density at radius 2 is 1.82 bits per heavy atom. The van der Waals surface area contributed by atoms with E-state index in [-0.39, 0.29) is 6.61 Å². The Labute approximate surface area is 212 Å². The van der Waals surface area contributed by atoms with E-state index in [1.165, 1.54) is 0 Å². The van der Waals surface area contributed by atoms with Crippen molar-refractivity contribution in [2.24, 2.45) is 7.05 Å². The zero-order valence-electron chi connectivity index (χ0n) is 18.2. The number of imidazole rings is 1. The molecule has 1 aliphatic rings. The maximum absolute atomic E-state index is 12.3. The van der Waals surface area contributed by atoms with Crippen LogP contribution in [0.1, 0.15) is 34.1 Å². The molecule has 3 aromatic carbocycles. The van der Waals surface area contributed by atoms with Crippen molar-refractivity contribution in [2.45, 2.75) is 11.7 Å². The Balaban J connectivity index is 1.72. The summed E-state index contributed by atoms with van der Waals surface area (Å²) in [5, 5.41) is 16.8. The SMILES string of the molecule is Cn1cncc1C(O)(c1ccc(Cl)cc1)c1ccc2c(c1)C(c1cccc(Cl)c1)OCC(=S)N2. The highest BCUT2D eigenvalue weighted by atomic mass is 35.5. The minimum atomic E-state index is -1.49. The monoisotopic (exact) mass is 509 g/mol. The number of nitrogens with one attached hydrogen (secondary N) is 1. The number of aromatic nitrogens is 2. The molecule has 172 valence electrons. The van der Waals surface area contributed by atoms with Crippen LogP contribution in [0.4, 0.5) is 5.69 Å². The van der Waals surface area contributed by atoms with Crippen LogP contribution in [0.25, 0.3) is 0 Å². The van der Waals surface area contributed by atoms with Crippen LogP contribution in [-0.2, 0) is 17.4 Å². The van der Waals surface area contributed by atoms with Gasteiger partial charge in [0, 0.05) is 28.3 Å². The first-order valence-electron chi connectivity index (χ1n) is 10.6. The van der Waals surface area contributed by atoms with Crippen molar-refractivity contribution in [3.63, 3.8) is 0 Å². The van der Waals surface area contributed by atoms with Gasteiger partial charge in [-0.15, -0.1) is 0 Å². The predicted octanol–water partition coefficient (Wildman–Crippen LogP) is 5.87. The van der Waals surface area contributed by atoms with Crippen molar-refractivity contribution in [1.29, 1.82) is 0 Å². The van der Waals surface area contributed by atoms with Gasteiger partial charge < -0.3 is 19.7 Å². The summed E-state index contributed by atoms with van der Waals surface area (Å²) in [6.07, 6.45) is 2.90. The van der Waals surface area contributed by atoms with Gasteiger partial charge in [-0.05, 0) is 53.1 Å². The fourth-order valence-electron chi connectivity index (χ4n) is 4.36. The first-order valence-corrected chi connectivity index (χ1v) is 11.8. The van der Waals surface area contributed by atoms with Gasteiger partial charge in [-0.1, -0.05) is 65.8 Å². The Hall–Kier alpha value is -2.74. The maximum Gasteiger partial charge on any atom is 0.156 e. The quantitative estimate of drug-likeness (QED) is 0.337. The number of ether oxygens (including phenoxy) is 1. The predicted molar refractivity (Wildman–Crippen MR) is 139 cm³/mol. The number of anilines is 1. The molecule has 0 spiro atoms. The molecule has 2 N–H and O–H groups in total. The van der Waals surface area contributed by atoms with E-state index in [9.17, 15) is 5.11 Å². The summed E-state index contributed by atoms with van der Waals surface area (Å²) in [6.45, 7) is 0.264. The van der Waals surface area contributed by atoms with E-state index < -0.39 is 11.7 Å². The summed E-state index contributed by atoms with van der Waals surface area (Å²) in [5.41, 5.74) is 3.01. The Morgan fingerprint density at radius 3 is 2.53 bits per heavy atom. The number of fused-ring (bicyclic) bond motifs is 1. The van der Waals surface area contributed by atoms with Crippen LogP contribution in [0, 0.1) is 0 Å². The van der Waals surface area contributed by atoms with E-state index in [2.05, 4.69) is 10.3 Å². The Bertz CT molecular complexity index is 1370. The molecule has 2 atom stereocenters. The molecule has 5 nitrogen and oxygen atoms in total. The molecule has 1 aliphatic heterocycles. The molecule has 0 radical (unpaired) electrons. The second kappa shape index (κ2) is 9.13. The van der Waals surface area contributed by atoms with Crippen molar-refractivity contribution in [3.05, 3.63) is 117 Å². The molecule has 0 saturated heterocycles. The molecular weight excluding hydrogens is 489 g/mol. The highest BCUT2D eigenvalue weighted by molar-refractivity contribution is 7.80. The number of benzene rings is 3. The first-order chi connectivity index (χ1) is 16.4. The summed E-state index contributed by atoms with van der Waals surface area (Å²) in [5.74, 6) is 0. The Kier molecular flexibility index (Phi) is 6.18. The number of aryl methyl sites for hydroxylation is 1. The van der Waals surface area contributed by atoms with Crippen LogP contribution in [0.5, 0.6) is 0 Å². The fraction of sp³-hybridized carbons (Fsp3) is 0.154. The Morgan fingerprint density at radius 1 is 1.06 bits per heavy atom. The van der Waals surface area contributed by atoms with E-state index in [4.69, 9.17) is 40.2 Å². The van der Waals surface area contributed by atoms with Crippen LogP contribution >= 0.6 is 35.4 Å². The van der Waals surface area contributed by atoms with Gasteiger partial charge in [0.1, 0.15) is 11.1 Å². The molecule has 34 heavy (non-hydrogen) atoms. The average molecular weight is 510 g/mol. The van der Waals surface area contributed by atoms with E-state index in [1.807, 2.05) is 61.6 Å². The molecule has 0 amide bonds. The van der Waals surface area contributed by atoms with Gasteiger partial charge in [0.15, 0.2) is 5.60 Å². The fourth-order valence-corrected chi connectivity index (χ4v) is 4.86. The highest BCUT2D eigenvalue weighted by Gasteiger charge is 2.38. The smallest absolute Gasteiger partial charge is 0.156 e. The zero-order valence-corrected chi connectivity index (χ0v) is 20.5. The van der Waals surface area contributed by atoms with Gasteiger partial charge in [0.25, 0.3) is 0 Å². The van der Waals surface area contributed by atoms with Gasteiger partial charge in [0.2, 0.25) is 0 Å². The molecule has 0 fully saturated rings. The van der Waals surface area contributed by atoms with E-state index >= 15 is 0 Å². The van der Waals surface area contributed by atoms with E-state index in [1.54, 1.807) is 29.2 Å². The molecule has 0 saturated carbocycles. The third-order valence-electron chi connectivity index (χ3n) is 6.01. The maximum atomic E-state index is 12.3. The van der Waals surface area contributed by atoms with Gasteiger partial charge in [-0.2, -0.15) is 0 Å². The third-order valence-corrected chi connectivity index (χ3v) is 6.71. The molecule has 1 aromatic heterocycles. The number of hydrogen-bond donors (Lipinski definition) is 2. The van der Waals surface area contributed by atoms with Gasteiger partial charge >= 0.3 is 0 Å². The number of nitrogens with zero attached hydrogens (tertiary/aromatic N) is 2. The molecular formula is C26H21Cl2N3O2S. The average Bonchev–Trinajstić information content (AvgIpc) is 3.18. The van der Waals surface area contributed by atoms with Gasteiger partial charge in [0.05, 0.1) is 24.8 Å². The molecule has 4 aromatic rings. The van der Waals surface area contributed by atoms with Crippen LogP contribution in [0.15, 0.2) is 79.3 Å². The van der Waals surface area contributed by atoms with Gasteiger partial charge in [-0.25, -0.2) is 4.98 Å². The lowest BCUT2D eigenvalue weighted by molar-refractivity contribution is 0.111. The third kappa shape index (κ3) is 4.13. The summed E-state index contributed by atoms with van der Waals surface area (Å²) >= 11 is 17.9. The second-order valence-electron chi connectivity index (χ2n) is 8.20. The normalized spacial score (nSPS) is 17.4. The topological polar surface area (TPSA) is 59.3 Å². The first kappa shape index (κ1) is 23.0. The van der Waals surface area contributed by atoms with Crippen molar-refractivity contribution < 1.29 is 9.84 Å². The highest BCUT2D eigenvalue weighted by Crippen LogP contribution is 2.41. The van der Waals surface area contributed by atoms with E-state index in [0.29, 0.717) is 31.9 Å². The van der Waals surface area contributed by atoms with Gasteiger partial charge in [-0.3, -0.25) is 0 Å². The number of thiocarbonyl (C=S) groups is 1. The largest absolute Gasteiger partial charge is 0.374 e. The summed E-state index contributed by atoms with van der Waals surface area (Å²) in [6, 6.07) is 20.5. The van der Waals surface area contributed by atoms with Crippen molar-refractivity contribution in [1.82, 2.24) is 9.55 Å². The number of hydrogen-bond acceptors (Lipinski definition) is 4. The molecule has 2 unspecified atom stereocenters. The number of halogens is 2. The summed E-state index contributed by atoms with van der Waals surface area (Å²) in [7, 11) is 1.85. The van der Waals surface area contributed by atoms with Crippen molar-refractivity contribution >= 4 is 46.1 Å². The standard InChI is InChI=1S/C26H21Cl2N3O2S/c1-31-15-29-13-23(31)26(32,17-5-8-19(27)9-6-17)18-7-10-22-21(12-18)25(33-14-24(34)30-22)16-3-2-4-20(28)11-16/h2-13,15,25,32H,14H2,1H3,(H,30,34). The number of rotatable bonds is 4. The molecule has 5 rings (SSSR count). The van der Waals surface area contributed by atoms with Crippen LogP contribution < -0.4 is 5.32 Å². The lowest BCUT2D eigenvalue weighted by Gasteiger charge is -2.31. The summed E-state index contributed by atoms with van der Waals surface area (Å²) in [4.78, 5) is 4.83. The molecule has 2 heterocycles. The zero-order chi connectivity index (χ0) is 23.9. The van der Waals surface area contributed by atoms with Crippen LogP contribution in [-0.4, -0.2) is 26.3 Å².